The molecule has 8 nitrogen and oxygen atoms in total. The zero-order valence-electron chi connectivity index (χ0n) is 25.1. The molecule has 222 valence electrons. The van der Waals surface area contributed by atoms with Crippen LogP contribution in [0.2, 0.25) is 0 Å². The fraction of sp³-hybridized carbons (Fsp3) is 0.667. The van der Waals surface area contributed by atoms with Gasteiger partial charge in [0.15, 0.2) is 0 Å². The largest absolute Gasteiger partial charge is 0.494 e. The van der Waals surface area contributed by atoms with Gasteiger partial charge in [-0.2, -0.15) is 0 Å². The van der Waals surface area contributed by atoms with E-state index in [1.165, 1.54) is 19.4 Å². The summed E-state index contributed by atoms with van der Waals surface area (Å²) in [5, 5.41) is 0. The molecule has 0 aromatic carbocycles. The maximum absolute atomic E-state index is 12.8. The topological polar surface area (TPSA) is 101 Å². The molecule has 1 saturated heterocycles. The predicted octanol–water partition coefficient (Wildman–Crippen LogP) is 5.52. The quantitative estimate of drug-likeness (QED) is 0.339. The molecule has 1 aromatic heterocycles. The second-order valence-corrected chi connectivity index (χ2v) is 13.7. The van der Waals surface area contributed by atoms with E-state index in [4.69, 9.17) is 23.4 Å². The lowest BCUT2D eigenvalue weighted by molar-refractivity contribution is -0.233. The van der Waals surface area contributed by atoms with E-state index in [1.807, 2.05) is 12.3 Å². The Balaban J connectivity index is 1.58. The van der Waals surface area contributed by atoms with E-state index in [0.717, 1.165) is 17.6 Å². The minimum absolute atomic E-state index is 0.0811. The van der Waals surface area contributed by atoms with Crippen LogP contribution in [0.4, 0.5) is 0 Å². The molecule has 0 amide bonds. The maximum Gasteiger partial charge on any atom is 0.303 e. The van der Waals surface area contributed by atoms with Crippen LogP contribution < -0.4 is 0 Å². The zero-order chi connectivity index (χ0) is 29.5. The first-order valence-corrected chi connectivity index (χ1v) is 14.8. The number of allylic oxidation sites excluding steroid dienone is 2. The Labute approximate surface area is 241 Å². The average Bonchev–Trinajstić information content (AvgIpc) is 3.58. The summed E-state index contributed by atoms with van der Waals surface area (Å²) in [7, 11) is 0. The Kier molecular flexibility index (Phi) is 6.60. The van der Waals surface area contributed by atoms with Gasteiger partial charge in [-0.25, -0.2) is 0 Å². The number of carbonyl (C=O) groups excluding carboxylic acids is 3. The monoisotopic (exact) mass is 566 g/mol. The third kappa shape index (κ3) is 3.92. The Morgan fingerprint density at radius 3 is 2.41 bits per heavy atom. The van der Waals surface area contributed by atoms with Gasteiger partial charge < -0.3 is 28.2 Å². The highest BCUT2D eigenvalue weighted by Crippen LogP contribution is 2.73. The highest BCUT2D eigenvalue weighted by Gasteiger charge is 2.76. The highest BCUT2D eigenvalue weighted by molar-refractivity contribution is 5.76. The van der Waals surface area contributed by atoms with Crippen molar-refractivity contribution in [3.05, 3.63) is 47.6 Å². The van der Waals surface area contributed by atoms with Crippen LogP contribution in [0, 0.1) is 34.0 Å². The fourth-order valence-electron chi connectivity index (χ4n) is 10.2. The molecule has 41 heavy (non-hydrogen) atoms. The highest BCUT2D eigenvalue weighted by atomic mass is 16.6. The predicted molar refractivity (Wildman–Crippen MR) is 148 cm³/mol. The lowest BCUT2D eigenvalue weighted by Crippen LogP contribution is -2.70. The number of rotatable bonds is 5. The standard InChI is InChI=1S/C33H42O8/c1-17(34)12-22-13-26(40-19(3)35)31(5)16-39-28-29(31)32(22,6)25-9-11-38-24-14-23(21-8-10-37-15-21)18(2)27(24)33(25,7)30(28)41-20(4)36/h8-11,15,22-26,28-30H,12-14,16H2,1-7H3/t22-,23+,24+,25-,26-,28-,29-,30+,31-,32-,33-/m1/s1. The number of furan rings is 1. The Morgan fingerprint density at radius 2 is 1.78 bits per heavy atom. The molecule has 2 aliphatic heterocycles. The number of ketones is 1. The van der Waals surface area contributed by atoms with Gasteiger partial charge in [-0.3, -0.25) is 9.59 Å². The van der Waals surface area contributed by atoms with Crippen molar-refractivity contribution < 1.29 is 37.7 Å². The van der Waals surface area contributed by atoms with Crippen LogP contribution in [0.25, 0.3) is 0 Å². The fourth-order valence-corrected chi connectivity index (χ4v) is 10.2. The lowest BCUT2D eigenvalue weighted by atomic mass is 9.38. The van der Waals surface area contributed by atoms with E-state index in [0.29, 0.717) is 19.4 Å². The maximum atomic E-state index is 12.8. The number of hydrogen-bond donors (Lipinski definition) is 0. The van der Waals surface area contributed by atoms with Crippen molar-refractivity contribution >= 4 is 17.7 Å². The molecule has 0 unspecified atom stereocenters. The van der Waals surface area contributed by atoms with Crippen LogP contribution in [0.5, 0.6) is 0 Å². The lowest BCUT2D eigenvalue weighted by Gasteiger charge is -2.66. The molecule has 0 N–H and O–H groups in total. The summed E-state index contributed by atoms with van der Waals surface area (Å²) < 4.78 is 30.9. The van der Waals surface area contributed by atoms with Crippen molar-refractivity contribution in [2.45, 2.75) is 98.1 Å². The first kappa shape index (κ1) is 28.3. The zero-order valence-corrected chi connectivity index (χ0v) is 25.1. The van der Waals surface area contributed by atoms with Crippen molar-refractivity contribution in [2.24, 2.45) is 34.0 Å². The molecule has 0 spiro atoms. The van der Waals surface area contributed by atoms with Crippen LogP contribution in [-0.2, 0) is 33.3 Å². The van der Waals surface area contributed by atoms with Gasteiger partial charge in [0.05, 0.1) is 31.5 Å². The number of esters is 2. The van der Waals surface area contributed by atoms with E-state index >= 15 is 0 Å². The first-order valence-electron chi connectivity index (χ1n) is 14.8. The van der Waals surface area contributed by atoms with Gasteiger partial charge in [0.25, 0.3) is 0 Å². The second kappa shape index (κ2) is 9.58. The molecule has 2 saturated carbocycles. The number of fused-ring (bicyclic) bond motifs is 4. The van der Waals surface area contributed by atoms with E-state index < -0.39 is 34.6 Å². The molecule has 3 aliphatic carbocycles. The second-order valence-electron chi connectivity index (χ2n) is 13.7. The number of carbonyl (C=O) groups is 3. The third-order valence-corrected chi connectivity index (χ3v) is 11.5. The summed E-state index contributed by atoms with van der Waals surface area (Å²) in [5.74, 6) is -0.841. The molecule has 11 atom stereocenters. The number of Topliss-reactive ketones (excluding diaryl/α,β-unsaturated/α-hetero) is 1. The van der Waals surface area contributed by atoms with Crippen LogP contribution in [0.3, 0.4) is 0 Å². The Hall–Kier alpha value is -2.87. The van der Waals surface area contributed by atoms with Gasteiger partial charge in [0.2, 0.25) is 0 Å². The van der Waals surface area contributed by atoms with Gasteiger partial charge in [-0.05, 0) is 67.2 Å². The molecule has 6 rings (SSSR count). The van der Waals surface area contributed by atoms with Crippen molar-refractivity contribution in [2.75, 3.05) is 6.61 Å². The molecule has 0 bridgehead atoms. The van der Waals surface area contributed by atoms with E-state index in [-0.39, 0.29) is 47.5 Å². The van der Waals surface area contributed by atoms with Crippen molar-refractivity contribution in [1.29, 1.82) is 0 Å². The normalized spacial score (nSPS) is 44.3. The molecule has 0 radical (unpaired) electrons. The van der Waals surface area contributed by atoms with E-state index in [2.05, 4.69) is 33.8 Å². The minimum atomic E-state index is -0.670. The summed E-state index contributed by atoms with van der Waals surface area (Å²) in [6, 6.07) is 2.00. The van der Waals surface area contributed by atoms with Crippen LogP contribution in [0.15, 0.2) is 46.5 Å². The van der Waals surface area contributed by atoms with Gasteiger partial charge in [-0.15, -0.1) is 0 Å². The summed E-state index contributed by atoms with van der Waals surface area (Å²) in [4.78, 5) is 37.8. The van der Waals surface area contributed by atoms with Crippen molar-refractivity contribution in [3.63, 3.8) is 0 Å². The molecular formula is C33H42O8. The molecule has 1 aromatic rings. The van der Waals surface area contributed by atoms with E-state index in [1.54, 1.807) is 19.5 Å². The number of hydrogen-bond acceptors (Lipinski definition) is 8. The van der Waals surface area contributed by atoms with E-state index in [9.17, 15) is 14.4 Å². The van der Waals surface area contributed by atoms with Gasteiger partial charge in [0.1, 0.15) is 24.1 Å². The molecule has 3 fully saturated rings. The minimum Gasteiger partial charge on any atom is -0.494 e. The molecule has 8 heteroatoms. The van der Waals surface area contributed by atoms with Gasteiger partial charge in [0, 0.05) is 42.9 Å². The van der Waals surface area contributed by atoms with Gasteiger partial charge in [-0.1, -0.05) is 26.3 Å². The van der Waals surface area contributed by atoms with Gasteiger partial charge >= 0.3 is 11.9 Å². The van der Waals surface area contributed by atoms with Crippen molar-refractivity contribution in [3.8, 4) is 0 Å². The Bertz CT molecular complexity index is 1310. The summed E-state index contributed by atoms with van der Waals surface area (Å²) in [5.41, 5.74) is 1.81. The Morgan fingerprint density at radius 1 is 1.05 bits per heavy atom. The summed E-state index contributed by atoms with van der Waals surface area (Å²) in [6.45, 7) is 13.7. The average molecular weight is 567 g/mol. The van der Waals surface area contributed by atoms with Crippen molar-refractivity contribution in [1.82, 2.24) is 0 Å². The number of ether oxygens (including phenoxy) is 4. The summed E-state index contributed by atoms with van der Waals surface area (Å²) >= 11 is 0. The third-order valence-electron chi connectivity index (χ3n) is 11.5. The molecule has 5 aliphatic rings. The molecule has 3 heterocycles. The first-order chi connectivity index (χ1) is 19.3. The van der Waals surface area contributed by atoms with Crippen LogP contribution in [0.1, 0.15) is 79.2 Å². The molecular weight excluding hydrogens is 524 g/mol. The smallest absolute Gasteiger partial charge is 0.303 e. The summed E-state index contributed by atoms with van der Waals surface area (Å²) in [6.07, 6.45) is 7.52. The van der Waals surface area contributed by atoms with Crippen LogP contribution >= 0.6 is 0 Å². The SMILES string of the molecule is CC(=O)C[C@@H]1C[C@@H](OC(C)=O)[C@@]2(C)CO[C@@H]3[C@H]2[C@@]1(C)[C@H]1C=CO[C@H]2C[C@H](c4ccoc4)C(C)=C2[C@]1(C)[C@H]3OC(C)=O. The van der Waals surface area contributed by atoms with Crippen LogP contribution in [-0.4, -0.2) is 48.7 Å².